The lowest BCUT2D eigenvalue weighted by Gasteiger charge is -2.03. The summed E-state index contributed by atoms with van der Waals surface area (Å²) in [5.74, 6) is 0. The monoisotopic (exact) mass is 274 g/mol. The molecule has 7 heteroatoms. The lowest BCUT2D eigenvalue weighted by atomic mass is 10.6. The van der Waals surface area contributed by atoms with Gasteiger partial charge in [-0.3, -0.25) is 0 Å². The molecule has 0 N–H and O–H groups in total. The summed E-state index contributed by atoms with van der Waals surface area (Å²) >= 11 is 0. The van der Waals surface area contributed by atoms with Gasteiger partial charge in [-0.2, -0.15) is 0 Å². The second-order valence-electron chi connectivity index (χ2n) is 3.22. The first-order valence-corrected chi connectivity index (χ1v) is 9.92. The third-order valence-electron chi connectivity index (χ3n) is 1.58. The molecule has 0 aromatic heterocycles. The van der Waals surface area contributed by atoms with Crippen LogP contribution in [0.3, 0.4) is 0 Å². The molecule has 0 saturated carbocycles. The van der Waals surface area contributed by atoms with E-state index >= 15 is 0 Å². The third-order valence-corrected chi connectivity index (χ3v) is 11.1. The first-order valence-electron chi connectivity index (χ1n) is 3.77. The van der Waals surface area contributed by atoms with Crippen molar-refractivity contribution in [2.24, 2.45) is 0 Å². The molecule has 2 aliphatic heterocycles. The molecule has 0 aromatic rings. The maximum atomic E-state index is 5.24. The summed E-state index contributed by atoms with van der Waals surface area (Å²) in [6.45, 7) is 6.02. The average Bonchev–Trinajstić information content (AvgIpc) is 2.95. The lowest BCUT2D eigenvalue weighted by molar-refractivity contribution is 0.403. The van der Waals surface area contributed by atoms with Crippen LogP contribution in [0.2, 0.25) is 0 Å². The van der Waals surface area contributed by atoms with Crippen LogP contribution in [-0.2, 0) is 9.47 Å². The van der Waals surface area contributed by atoms with Crippen molar-refractivity contribution >= 4 is 51.1 Å². The van der Waals surface area contributed by atoms with E-state index in [0.717, 1.165) is 13.2 Å². The number of rotatable bonds is 6. The molecule has 2 heterocycles. The minimum Gasteiger partial charge on any atom is -0.357 e. The average molecular weight is 274 g/mol. The molecule has 2 atom stereocenters. The molecule has 0 radical (unpaired) electrons. The zero-order chi connectivity index (χ0) is 9.36. The summed E-state index contributed by atoms with van der Waals surface area (Å²) in [4.78, 5) is 0.200. The van der Waals surface area contributed by atoms with Crippen LogP contribution < -0.4 is 0 Å². The quantitative estimate of drug-likeness (QED) is 0.412. The van der Waals surface area contributed by atoms with E-state index in [9.17, 15) is 0 Å². The van der Waals surface area contributed by atoms with E-state index in [0.29, 0.717) is 0 Å². The summed E-state index contributed by atoms with van der Waals surface area (Å²) in [6.07, 6.45) is 0. The highest BCUT2D eigenvalue weighted by molar-refractivity contribution is 9.35. The highest BCUT2D eigenvalue weighted by atomic mass is 33.8. The molecule has 0 amide bonds. The minimum atomic E-state index is 0.100. The van der Waals surface area contributed by atoms with Gasteiger partial charge in [0.2, 0.25) is 0 Å². The van der Waals surface area contributed by atoms with E-state index in [1.807, 2.05) is 0 Å². The molecule has 2 rings (SSSR count). The van der Waals surface area contributed by atoms with Crippen LogP contribution in [0.25, 0.3) is 0 Å². The minimum absolute atomic E-state index is 0.100. The largest absolute Gasteiger partial charge is 0.357 e. The van der Waals surface area contributed by atoms with E-state index in [-0.39, 0.29) is 9.87 Å². The Kier molecular flexibility index (Phi) is 3.67. The van der Waals surface area contributed by atoms with Gasteiger partial charge >= 0.3 is 0 Å². The highest BCUT2D eigenvalue weighted by Gasteiger charge is 2.42. The smallest absolute Gasteiger partial charge is 0.145 e. The fraction of sp³-hybridized carbons (Fsp3) is 1.00. The lowest BCUT2D eigenvalue weighted by Crippen LogP contribution is -1.91. The molecule has 0 spiro atoms. The normalized spacial score (nSPS) is 42.0. The van der Waals surface area contributed by atoms with Crippen molar-refractivity contribution in [2.75, 3.05) is 13.2 Å². The molecular formula is C6H10O2S5. The van der Waals surface area contributed by atoms with Crippen LogP contribution in [0.4, 0.5) is 0 Å². The molecule has 0 bridgehead atoms. The van der Waals surface area contributed by atoms with Gasteiger partial charge in [0.15, 0.2) is 0 Å². The fourth-order valence-electron chi connectivity index (χ4n) is 0.483. The standard InChI is InChI=1S/C6H10O2S5/c1-5(3-7-5)9-11-13-12-10-6(2)4-8-6/h3-4H2,1-2H3. The molecule has 13 heavy (non-hydrogen) atoms. The topological polar surface area (TPSA) is 25.1 Å². The van der Waals surface area contributed by atoms with Gasteiger partial charge in [0.1, 0.15) is 9.87 Å². The zero-order valence-corrected chi connectivity index (χ0v) is 11.4. The van der Waals surface area contributed by atoms with E-state index in [1.54, 1.807) is 51.1 Å². The van der Waals surface area contributed by atoms with Crippen LogP contribution >= 0.6 is 51.1 Å². The van der Waals surface area contributed by atoms with E-state index in [2.05, 4.69) is 13.8 Å². The van der Waals surface area contributed by atoms with Crippen LogP contribution in [-0.4, -0.2) is 23.1 Å². The van der Waals surface area contributed by atoms with Crippen LogP contribution in [0.5, 0.6) is 0 Å². The molecule has 76 valence electrons. The van der Waals surface area contributed by atoms with Crippen molar-refractivity contribution in [1.29, 1.82) is 0 Å². The van der Waals surface area contributed by atoms with Gasteiger partial charge in [-0.05, 0) is 64.9 Å². The van der Waals surface area contributed by atoms with Gasteiger partial charge in [0.05, 0.1) is 13.2 Å². The maximum Gasteiger partial charge on any atom is 0.145 e. The van der Waals surface area contributed by atoms with Crippen molar-refractivity contribution in [1.82, 2.24) is 0 Å². The SMILES string of the molecule is CC1(SSSSSC2(C)CO2)CO1. The third kappa shape index (κ3) is 3.96. The van der Waals surface area contributed by atoms with Crippen molar-refractivity contribution in [3.05, 3.63) is 0 Å². The molecule has 2 fully saturated rings. The van der Waals surface area contributed by atoms with Crippen LogP contribution in [0.1, 0.15) is 13.8 Å². The van der Waals surface area contributed by atoms with Crippen molar-refractivity contribution < 1.29 is 9.47 Å². The predicted octanol–water partition coefficient (Wildman–Crippen LogP) is 3.81. The Morgan fingerprint density at radius 2 is 1.23 bits per heavy atom. The Hall–Kier alpha value is 1.67. The van der Waals surface area contributed by atoms with Crippen molar-refractivity contribution in [3.8, 4) is 0 Å². The number of ether oxygens (including phenoxy) is 2. The molecule has 2 aliphatic rings. The Morgan fingerprint density at radius 3 is 1.54 bits per heavy atom. The Morgan fingerprint density at radius 1 is 0.846 bits per heavy atom. The van der Waals surface area contributed by atoms with Gasteiger partial charge in [-0.1, -0.05) is 0 Å². The van der Waals surface area contributed by atoms with E-state index < -0.39 is 0 Å². The maximum absolute atomic E-state index is 5.24. The Labute approximate surface area is 97.0 Å². The predicted molar refractivity (Wildman–Crippen MR) is 66.7 cm³/mol. The molecule has 0 aromatic carbocycles. The van der Waals surface area contributed by atoms with Gasteiger partial charge in [0.25, 0.3) is 0 Å². The second kappa shape index (κ2) is 4.27. The fourth-order valence-corrected chi connectivity index (χ4v) is 10.1. The van der Waals surface area contributed by atoms with Gasteiger partial charge in [0, 0.05) is 0 Å². The Bertz CT molecular complexity index is 171. The highest BCUT2D eigenvalue weighted by Crippen LogP contribution is 2.59. The van der Waals surface area contributed by atoms with Crippen LogP contribution in [0.15, 0.2) is 0 Å². The first kappa shape index (κ1) is 11.2. The van der Waals surface area contributed by atoms with Gasteiger partial charge in [-0.15, -0.1) is 0 Å². The first-order chi connectivity index (χ1) is 6.12. The van der Waals surface area contributed by atoms with Crippen molar-refractivity contribution in [3.63, 3.8) is 0 Å². The zero-order valence-electron chi connectivity index (χ0n) is 7.27. The summed E-state index contributed by atoms with van der Waals surface area (Å²) < 4.78 is 10.5. The number of hydrogen-bond donors (Lipinski definition) is 0. The summed E-state index contributed by atoms with van der Waals surface area (Å²) in [6, 6.07) is 0. The number of hydrogen-bond acceptors (Lipinski definition) is 7. The molecule has 2 nitrogen and oxygen atoms in total. The van der Waals surface area contributed by atoms with E-state index in [1.165, 1.54) is 0 Å². The summed E-state index contributed by atoms with van der Waals surface area (Å²) in [5, 5.41) is 0. The van der Waals surface area contributed by atoms with Gasteiger partial charge in [-0.25, -0.2) is 0 Å². The van der Waals surface area contributed by atoms with Crippen molar-refractivity contribution in [2.45, 2.75) is 23.7 Å². The summed E-state index contributed by atoms with van der Waals surface area (Å²) in [5.41, 5.74) is 0. The second-order valence-corrected chi connectivity index (χ2v) is 11.6. The van der Waals surface area contributed by atoms with Crippen LogP contribution in [0, 0.1) is 0 Å². The molecule has 2 unspecified atom stereocenters. The number of epoxide rings is 2. The van der Waals surface area contributed by atoms with E-state index in [4.69, 9.17) is 9.47 Å². The van der Waals surface area contributed by atoms with Gasteiger partial charge < -0.3 is 9.47 Å². The molecule has 0 aliphatic carbocycles. The molecular weight excluding hydrogens is 264 g/mol. The molecule has 2 saturated heterocycles. The summed E-state index contributed by atoms with van der Waals surface area (Å²) in [7, 11) is 8.95. The Balaban J connectivity index is 1.45.